The van der Waals surface area contributed by atoms with E-state index in [0.29, 0.717) is 42.0 Å². The molecule has 0 bridgehead atoms. The van der Waals surface area contributed by atoms with E-state index in [0.717, 1.165) is 32.2 Å². The Balaban J connectivity index is 1.97. The van der Waals surface area contributed by atoms with Crippen LogP contribution in [0.5, 0.6) is 11.5 Å². The second-order valence-corrected chi connectivity index (χ2v) is 6.49. The molecular weight excluding hydrogens is 344 g/mol. The first-order valence-electron chi connectivity index (χ1n) is 8.86. The Morgan fingerprint density at radius 1 is 1.24 bits per heavy atom. The molecule has 6 nitrogen and oxygen atoms in total. The number of benzene rings is 1. The average Bonchev–Trinajstić information content (AvgIpc) is 2.80. The lowest BCUT2D eigenvalue weighted by atomic mass is 10.2. The summed E-state index contributed by atoms with van der Waals surface area (Å²) in [6.07, 6.45) is 4.04. The van der Waals surface area contributed by atoms with Crippen molar-refractivity contribution >= 4 is 23.2 Å². The van der Waals surface area contributed by atoms with Crippen molar-refractivity contribution in [3.05, 3.63) is 17.2 Å². The standard InChI is InChI=1S/C18H27ClN2O4/c1-2-3-4-6-21(7-8-22)13-18(23)20-15-12-17-16(11-14(15)19)24-9-5-10-25-17/h11-12,22H,2-10,13H2,1H3,(H,20,23). The third kappa shape index (κ3) is 6.38. The van der Waals surface area contributed by atoms with Crippen molar-refractivity contribution in [3.8, 4) is 11.5 Å². The van der Waals surface area contributed by atoms with Crippen molar-refractivity contribution in [2.75, 3.05) is 44.8 Å². The van der Waals surface area contributed by atoms with E-state index in [1.807, 2.05) is 4.90 Å². The fraction of sp³-hybridized carbons (Fsp3) is 0.611. The molecule has 1 aromatic rings. The van der Waals surface area contributed by atoms with Gasteiger partial charge in [-0.15, -0.1) is 0 Å². The zero-order chi connectivity index (χ0) is 18.1. The Morgan fingerprint density at radius 2 is 1.96 bits per heavy atom. The quantitative estimate of drug-likeness (QED) is 0.654. The molecule has 0 aromatic heterocycles. The van der Waals surface area contributed by atoms with E-state index in [2.05, 4.69) is 12.2 Å². The van der Waals surface area contributed by atoms with Gasteiger partial charge in [-0.05, 0) is 13.0 Å². The molecule has 0 spiro atoms. The Bertz CT molecular complexity index is 568. The number of fused-ring (bicyclic) bond motifs is 1. The first-order chi connectivity index (χ1) is 12.1. The van der Waals surface area contributed by atoms with Gasteiger partial charge in [0.2, 0.25) is 5.91 Å². The number of nitrogens with one attached hydrogen (secondary N) is 1. The van der Waals surface area contributed by atoms with Crippen LogP contribution in [0.15, 0.2) is 12.1 Å². The van der Waals surface area contributed by atoms with Gasteiger partial charge in [-0.3, -0.25) is 9.69 Å². The summed E-state index contributed by atoms with van der Waals surface area (Å²) in [6.45, 7) is 4.81. The summed E-state index contributed by atoms with van der Waals surface area (Å²) in [5.74, 6) is 1.02. The number of anilines is 1. The normalized spacial score (nSPS) is 13.6. The maximum Gasteiger partial charge on any atom is 0.238 e. The molecular formula is C18H27ClN2O4. The molecule has 1 aliphatic heterocycles. The summed E-state index contributed by atoms with van der Waals surface area (Å²) in [7, 11) is 0. The molecule has 140 valence electrons. The minimum Gasteiger partial charge on any atom is -0.490 e. The smallest absolute Gasteiger partial charge is 0.238 e. The van der Waals surface area contributed by atoms with Crippen molar-refractivity contribution in [1.82, 2.24) is 4.90 Å². The van der Waals surface area contributed by atoms with Crippen LogP contribution >= 0.6 is 11.6 Å². The SMILES string of the molecule is CCCCCN(CCO)CC(=O)Nc1cc2c(cc1Cl)OCCCO2. The van der Waals surface area contributed by atoms with Gasteiger partial charge < -0.3 is 19.9 Å². The molecule has 0 fully saturated rings. The van der Waals surface area contributed by atoms with E-state index < -0.39 is 0 Å². The van der Waals surface area contributed by atoms with E-state index >= 15 is 0 Å². The zero-order valence-electron chi connectivity index (χ0n) is 14.7. The van der Waals surface area contributed by atoms with Crippen LogP contribution in [-0.2, 0) is 4.79 Å². The topological polar surface area (TPSA) is 71.0 Å². The second-order valence-electron chi connectivity index (χ2n) is 6.08. The molecule has 1 aromatic carbocycles. The number of aliphatic hydroxyl groups is 1. The van der Waals surface area contributed by atoms with Crippen molar-refractivity contribution in [2.45, 2.75) is 32.6 Å². The summed E-state index contributed by atoms with van der Waals surface area (Å²) in [4.78, 5) is 14.3. The molecule has 7 heteroatoms. The Hall–Kier alpha value is -1.50. The summed E-state index contributed by atoms with van der Waals surface area (Å²) in [6, 6.07) is 3.37. The highest BCUT2D eigenvalue weighted by atomic mass is 35.5. The highest BCUT2D eigenvalue weighted by molar-refractivity contribution is 6.34. The lowest BCUT2D eigenvalue weighted by Gasteiger charge is -2.21. The summed E-state index contributed by atoms with van der Waals surface area (Å²) in [5, 5.41) is 12.4. The van der Waals surface area contributed by atoms with Crippen molar-refractivity contribution in [1.29, 1.82) is 0 Å². The van der Waals surface area contributed by atoms with Crippen LogP contribution < -0.4 is 14.8 Å². The third-order valence-corrected chi connectivity index (χ3v) is 4.29. The minimum atomic E-state index is -0.165. The lowest BCUT2D eigenvalue weighted by molar-refractivity contribution is -0.117. The Labute approximate surface area is 154 Å². The van der Waals surface area contributed by atoms with Crippen LogP contribution in [0.25, 0.3) is 0 Å². The van der Waals surface area contributed by atoms with Gasteiger partial charge in [-0.1, -0.05) is 31.4 Å². The van der Waals surface area contributed by atoms with Crippen LogP contribution in [0.1, 0.15) is 32.6 Å². The van der Waals surface area contributed by atoms with E-state index in [4.69, 9.17) is 21.1 Å². The summed E-state index contributed by atoms with van der Waals surface area (Å²) < 4.78 is 11.2. The highest BCUT2D eigenvalue weighted by Gasteiger charge is 2.17. The number of amides is 1. The fourth-order valence-electron chi connectivity index (χ4n) is 2.67. The van der Waals surface area contributed by atoms with Crippen molar-refractivity contribution in [3.63, 3.8) is 0 Å². The molecule has 0 atom stereocenters. The van der Waals surface area contributed by atoms with Gasteiger partial charge >= 0.3 is 0 Å². The van der Waals surface area contributed by atoms with Gasteiger partial charge in [-0.25, -0.2) is 0 Å². The Morgan fingerprint density at radius 3 is 2.64 bits per heavy atom. The predicted molar refractivity (Wildman–Crippen MR) is 98.7 cm³/mol. The minimum absolute atomic E-state index is 0.0319. The van der Waals surface area contributed by atoms with Crippen LogP contribution in [0.3, 0.4) is 0 Å². The molecule has 0 saturated carbocycles. The van der Waals surface area contributed by atoms with Gasteiger partial charge in [0.1, 0.15) is 0 Å². The van der Waals surface area contributed by atoms with Crippen LogP contribution in [0.4, 0.5) is 5.69 Å². The number of carbonyl (C=O) groups is 1. The zero-order valence-corrected chi connectivity index (χ0v) is 15.5. The number of unbranched alkanes of at least 4 members (excludes halogenated alkanes) is 2. The van der Waals surface area contributed by atoms with Gasteiger partial charge in [0.25, 0.3) is 0 Å². The van der Waals surface area contributed by atoms with Crippen molar-refractivity contribution < 1.29 is 19.4 Å². The van der Waals surface area contributed by atoms with Crippen LogP contribution in [0.2, 0.25) is 5.02 Å². The fourth-order valence-corrected chi connectivity index (χ4v) is 2.87. The number of hydrogen-bond acceptors (Lipinski definition) is 5. The maximum atomic E-state index is 12.4. The Kier molecular flexibility index (Phi) is 8.31. The van der Waals surface area contributed by atoms with Gasteiger partial charge in [-0.2, -0.15) is 0 Å². The van der Waals surface area contributed by atoms with Crippen LogP contribution in [-0.4, -0.2) is 55.4 Å². The lowest BCUT2D eigenvalue weighted by Crippen LogP contribution is -2.36. The van der Waals surface area contributed by atoms with Gasteiger partial charge in [0, 0.05) is 25.1 Å². The van der Waals surface area contributed by atoms with E-state index in [1.165, 1.54) is 0 Å². The number of ether oxygens (including phenoxy) is 2. The molecule has 1 heterocycles. The number of halogens is 1. The molecule has 0 unspecified atom stereocenters. The van der Waals surface area contributed by atoms with E-state index in [9.17, 15) is 9.90 Å². The van der Waals surface area contributed by atoms with Crippen LogP contribution in [0, 0.1) is 0 Å². The number of hydrogen-bond donors (Lipinski definition) is 2. The summed E-state index contributed by atoms with van der Waals surface area (Å²) >= 11 is 6.25. The second kappa shape index (κ2) is 10.5. The molecule has 1 aliphatic rings. The monoisotopic (exact) mass is 370 g/mol. The van der Waals surface area contributed by atoms with Gasteiger partial charge in [0.15, 0.2) is 11.5 Å². The average molecular weight is 371 g/mol. The van der Waals surface area contributed by atoms with E-state index in [-0.39, 0.29) is 19.1 Å². The maximum absolute atomic E-state index is 12.4. The molecule has 2 N–H and O–H groups in total. The molecule has 2 rings (SSSR count). The predicted octanol–water partition coefficient (Wildman–Crippen LogP) is 2.92. The van der Waals surface area contributed by atoms with Gasteiger partial charge in [0.05, 0.1) is 37.1 Å². The molecule has 0 radical (unpaired) electrons. The van der Waals surface area contributed by atoms with E-state index in [1.54, 1.807) is 12.1 Å². The first kappa shape index (κ1) is 19.8. The third-order valence-electron chi connectivity index (χ3n) is 3.97. The largest absolute Gasteiger partial charge is 0.490 e. The number of carbonyl (C=O) groups excluding carboxylic acids is 1. The summed E-state index contributed by atoms with van der Waals surface area (Å²) in [5.41, 5.74) is 0.508. The van der Waals surface area contributed by atoms with Crippen molar-refractivity contribution in [2.24, 2.45) is 0 Å². The highest BCUT2D eigenvalue weighted by Crippen LogP contribution is 2.37. The number of aliphatic hydroxyl groups excluding tert-OH is 1. The molecule has 0 saturated heterocycles. The molecule has 0 aliphatic carbocycles. The molecule has 25 heavy (non-hydrogen) atoms. The first-order valence-corrected chi connectivity index (χ1v) is 9.24. The molecule has 1 amide bonds. The number of rotatable bonds is 9. The number of nitrogens with zero attached hydrogens (tertiary/aromatic N) is 1.